The number of imide groups is 1. The third-order valence-corrected chi connectivity index (χ3v) is 3.53. The van der Waals surface area contributed by atoms with Crippen molar-refractivity contribution >= 4 is 28.6 Å². The van der Waals surface area contributed by atoms with Crippen LogP contribution in [0.25, 0.3) is 0 Å². The fraction of sp³-hybridized carbons (Fsp3) is 0.333. The fourth-order valence-electron chi connectivity index (χ4n) is 1.70. The molecule has 0 radical (unpaired) electrons. The van der Waals surface area contributed by atoms with Gasteiger partial charge in [-0.1, -0.05) is 36.9 Å². The summed E-state index contributed by atoms with van der Waals surface area (Å²) < 4.78 is 0. The molecule has 0 spiro atoms. The summed E-state index contributed by atoms with van der Waals surface area (Å²) in [5.74, 6) is 0.136. The van der Waals surface area contributed by atoms with E-state index < -0.39 is 0 Å². The number of nitrogens with one attached hydrogen (secondary N) is 1. The first kappa shape index (κ1) is 12.0. The summed E-state index contributed by atoms with van der Waals surface area (Å²) >= 11 is 1.06. The highest BCUT2D eigenvalue weighted by atomic mass is 32.2. The van der Waals surface area contributed by atoms with Crippen molar-refractivity contribution in [3.63, 3.8) is 0 Å². The number of thioether (sulfide) groups is 1. The number of amides is 2. The molecule has 0 atom stereocenters. The van der Waals surface area contributed by atoms with Crippen molar-refractivity contribution in [2.24, 2.45) is 0 Å². The van der Waals surface area contributed by atoms with Crippen LogP contribution in [0, 0.1) is 0 Å². The Morgan fingerprint density at radius 1 is 1.35 bits per heavy atom. The topological polar surface area (TPSA) is 49.4 Å². The van der Waals surface area contributed by atoms with E-state index in [0.29, 0.717) is 0 Å². The number of rotatable bonds is 4. The van der Waals surface area contributed by atoms with E-state index in [0.717, 1.165) is 23.9 Å². The molecule has 0 aromatic heterocycles. The lowest BCUT2D eigenvalue weighted by Crippen LogP contribution is -2.33. The Bertz CT molecular complexity index is 432. The number of benzene rings is 1. The van der Waals surface area contributed by atoms with E-state index >= 15 is 0 Å². The molecule has 0 unspecified atom stereocenters. The maximum Gasteiger partial charge on any atom is 0.290 e. The van der Waals surface area contributed by atoms with Crippen LogP contribution in [-0.2, 0) is 11.2 Å². The van der Waals surface area contributed by atoms with E-state index in [1.165, 1.54) is 10.5 Å². The lowest BCUT2D eigenvalue weighted by molar-refractivity contribution is -0.124. The van der Waals surface area contributed by atoms with Crippen LogP contribution in [0.15, 0.2) is 24.3 Å². The van der Waals surface area contributed by atoms with Gasteiger partial charge in [-0.2, -0.15) is 0 Å². The zero-order chi connectivity index (χ0) is 12.3. The predicted octanol–water partition coefficient (Wildman–Crippen LogP) is 2.31. The van der Waals surface area contributed by atoms with E-state index in [9.17, 15) is 9.59 Å². The Morgan fingerprint density at radius 3 is 2.76 bits per heavy atom. The molecule has 17 heavy (non-hydrogen) atoms. The van der Waals surface area contributed by atoms with Crippen LogP contribution in [-0.4, -0.2) is 28.5 Å². The number of aryl methyl sites for hydroxylation is 1. The number of carbonyl (C=O) groups excluding carboxylic acids is 2. The van der Waals surface area contributed by atoms with Gasteiger partial charge < -0.3 is 5.32 Å². The molecule has 2 rings (SSSR count). The molecular formula is C12H14N2O2S. The SMILES string of the molecule is CCc1ccccc1NCN1C(=O)CSC1=O. The molecule has 90 valence electrons. The quantitative estimate of drug-likeness (QED) is 0.891. The summed E-state index contributed by atoms with van der Waals surface area (Å²) in [4.78, 5) is 24.0. The predicted molar refractivity (Wildman–Crippen MR) is 69.0 cm³/mol. The zero-order valence-corrected chi connectivity index (χ0v) is 10.4. The molecule has 1 aliphatic rings. The average molecular weight is 250 g/mol. The van der Waals surface area contributed by atoms with Gasteiger partial charge >= 0.3 is 0 Å². The number of carbonyl (C=O) groups is 2. The Kier molecular flexibility index (Phi) is 3.68. The second-order valence-corrected chi connectivity index (χ2v) is 4.65. The molecule has 1 saturated heterocycles. The Morgan fingerprint density at radius 2 is 2.12 bits per heavy atom. The molecule has 1 N–H and O–H groups in total. The third kappa shape index (κ3) is 2.61. The normalized spacial score (nSPS) is 15.5. The summed E-state index contributed by atoms with van der Waals surface area (Å²) in [7, 11) is 0. The molecule has 4 nitrogen and oxygen atoms in total. The third-order valence-electron chi connectivity index (χ3n) is 2.67. The molecule has 1 fully saturated rings. The molecule has 2 amide bonds. The van der Waals surface area contributed by atoms with Crippen LogP contribution in [0.5, 0.6) is 0 Å². The molecule has 1 heterocycles. The van der Waals surface area contributed by atoms with Gasteiger partial charge in [-0.3, -0.25) is 14.5 Å². The molecule has 1 aliphatic heterocycles. The highest BCUT2D eigenvalue weighted by molar-refractivity contribution is 8.14. The molecule has 1 aromatic carbocycles. The molecule has 1 aromatic rings. The molecular weight excluding hydrogens is 236 g/mol. The zero-order valence-electron chi connectivity index (χ0n) is 9.60. The number of hydrogen-bond acceptors (Lipinski definition) is 4. The molecule has 0 aliphatic carbocycles. The first-order valence-corrected chi connectivity index (χ1v) is 6.50. The second kappa shape index (κ2) is 5.23. The van der Waals surface area contributed by atoms with E-state index in [4.69, 9.17) is 0 Å². The minimum absolute atomic E-state index is 0.124. The van der Waals surface area contributed by atoms with E-state index in [1.54, 1.807) is 0 Å². The maximum atomic E-state index is 11.4. The van der Waals surface area contributed by atoms with Crippen molar-refractivity contribution < 1.29 is 9.59 Å². The van der Waals surface area contributed by atoms with Gasteiger partial charge in [0, 0.05) is 5.69 Å². The van der Waals surface area contributed by atoms with Crippen LogP contribution < -0.4 is 5.32 Å². The largest absolute Gasteiger partial charge is 0.367 e. The van der Waals surface area contributed by atoms with Crippen LogP contribution in [0.4, 0.5) is 10.5 Å². The summed E-state index contributed by atoms with van der Waals surface area (Å²) in [6.45, 7) is 2.32. The second-order valence-electron chi connectivity index (χ2n) is 3.72. The van der Waals surface area contributed by atoms with Crippen LogP contribution in [0.1, 0.15) is 12.5 Å². The highest BCUT2D eigenvalue weighted by Gasteiger charge is 2.29. The number of para-hydroxylation sites is 1. The van der Waals surface area contributed by atoms with E-state index in [2.05, 4.69) is 12.2 Å². The Balaban J connectivity index is 2.02. The van der Waals surface area contributed by atoms with Crippen molar-refractivity contribution in [3.05, 3.63) is 29.8 Å². The van der Waals surface area contributed by atoms with E-state index in [1.807, 2.05) is 24.3 Å². The lowest BCUT2D eigenvalue weighted by atomic mass is 10.1. The first-order chi connectivity index (χ1) is 8.22. The first-order valence-electron chi connectivity index (χ1n) is 5.51. The molecule has 5 heteroatoms. The summed E-state index contributed by atoms with van der Waals surface area (Å²) in [6, 6.07) is 7.90. The number of hydrogen-bond donors (Lipinski definition) is 1. The van der Waals surface area contributed by atoms with Gasteiger partial charge in [-0.15, -0.1) is 0 Å². The van der Waals surface area contributed by atoms with E-state index in [-0.39, 0.29) is 23.6 Å². The number of nitrogens with zero attached hydrogens (tertiary/aromatic N) is 1. The van der Waals surface area contributed by atoms with Gasteiger partial charge in [-0.25, -0.2) is 0 Å². The van der Waals surface area contributed by atoms with Gasteiger partial charge in [0.15, 0.2) is 0 Å². The van der Waals surface area contributed by atoms with Crippen LogP contribution >= 0.6 is 11.8 Å². The van der Waals surface area contributed by atoms with Crippen LogP contribution in [0.3, 0.4) is 0 Å². The van der Waals surface area contributed by atoms with Crippen LogP contribution in [0.2, 0.25) is 0 Å². The average Bonchev–Trinajstić information content (AvgIpc) is 2.67. The highest BCUT2D eigenvalue weighted by Crippen LogP contribution is 2.20. The number of anilines is 1. The summed E-state index contributed by atoms with van der Waals surface area (Å²) in [6.07, 6.45) is 0.916. The smallest absolute Gasteiger partial charge is 0.290 e. The van der Waals surface area contributed by atoms with Crippen molar-refractivity contribution in [3.8, 4) is 0 Å². The van der Waals surface area contributed by atoms with Gasteiger partial charge in [0.2, 0.25) is 5.91 Å². The van der Waals surface area contributed by atoms with Crippen molar-refractivity contribution in [1.82, 2.24) is 4.90 Å². The fourth-order valence-corrected chi connectivity index (χ4v) is 2.42. The van der Waals surface area contributed by atoms with Crippen molar-refractivity contribution in [2.45, 2.75) is 13.3 Å². The van der Waals surface area contributed by atoms with Gasteiger partial charge in [-0.05, 0) is 18.1 Å². The minimum Gasteiger partial charge on any atom is -0.367 e. The standard InChI is InChI=1S/C12H14N2O2S/c1-2-9-5-3-4-6-10(9)13-8-14-11(15)7-17-12(14)16/h3-6,13H,2,7-8H2,1H3. The monoisotopic (exact) mass is 250 g/mol. The van der Waals surface area contributed by atoms with Crippen molar-refractivity contribution in [1.29, 1.82) is 0 Å². The van der Waals surface area contributed by atoms with Crippen molar-refractivity contribution in [2.75, 3.05) is 17.7 Å². The summed E-state index contributed by atoms with van der Waals surface area (Å²) in [5.41, 5.74) is 2.16. The van der Waals surface area contributed by atoms with Gasteiger partial charge in [0.1, 0.15) is 0 Å². The lowest BCUT2D eigenvalue weighted by Gasteiger charge is -2.16. The molecule has 0 saturated carbocycles. The van der Waals surface area contributed by atoms with Gasteiger partial charge in [0.05, 0.1) is 12.4 Å². The Labute approximate surface area is 104 Å². The molecule has 0 bridgehead atoms. The van der Waals surface area contributed by atoms with Gasteiger partial charge in [0.25, 0.3) is 5.24 Å². The maximum absolute atomic E-state index is 11.4. The minimum atomic E-state index is -0.170. The Hall–Kier alpha value is -1.49. The summed E-state index contributed by atoms with van der Waals surface area (Å²) in [5, 5.41) is 2.97.